The molecule has 1 aromatic heterocycles. The Morgan fingerprint density at radius 1 is 0.923 bits per heavy atom. The summed E-state index contributed by atoms with van der Waals surface area (Å²) < 4.78 is 21.9. The van der Waals surface area contributed by atoms with Crippen molar-refractivity contribution in [3.8, 4) is 28.7 Å². The first-order chi connectivity index (χ1) is 12.7. The molecule has 2 aromatic carbocycles. The van der Waals surface area contributed by atoms with Crippen molar-refractivity contribution in [2.24, 2.45) is 0 Å². The van der Waals surface area contributed by atoms with E-state index in [2.05, 4.69) is 15.5 Å². The van der Waals surface area contributed by atoms with Gasteiger partial charge in [0.1, 0.15) is 6.04 Å². The topological polar surface area (TPSA) is 78.6 Å². The van der Waals surface area contributed by atoms with Crippen LogP contribution in [0.5, 0.6) is 17.2 Å². The average Bonchev–Trinajstić information content (AvgIpc) is 3.18. The van der Waals surface area contributed by atoms with Crippen LogP contribution in [0.3, 0.4) is 0 Å². The van der Waals surface area contributed by atoms with E-state index in [4.69, 9.17) is 18.6 Å². The maximum atomic E-state index is 5.79. The average molecular weight is 355 g/mol. The van der Waals surface area contributed by atoms with E-state index in [1.807, 2.05) is 49.4 Å². The van der Waals surface area contributed by atoms with E-state index < -0.39 is 0 Å². The van der Waals surface area contributed by atoms with Gasteiger partial charge in [-0.2, -0.15) is 0 Å². The maximum Gasteiger partial charge on any atom is 0.247 e. The minimum absolute atomic E-state index is 0.206. The summed E-state index contributed by atoms with van der Waals surface area (Å²) in [6, 6.07) is 13.1. The van der Waals surface area contributed by atoms with Crippen molar-refractivity contribution in [1.82, 2.24) is 10.2 Å². The number of benzene rings is 2. The quantitative estimate of drug-likeness (QED) is 0.688. The Labute approximate surface area is 151 Å². The van der Waals surface area contributed by atoms with Crippen LogP contribution >= 0.6 is 0 Å². The molecule has 0 fully saturated rings. The van der Waals surface area contributed by atoms with E-state index in [0.29, 0.717) is 29.0 Å². The number of nitrogens with zero attached hydrogens (tertiary/aromatic N) is 2. The third kappa shape index (κ3) is 3.56. The van der Waals surface area contributed by atoms with Crippen molar-refractivity contribution in [1.29, 1.82) is 0 Å². The lowest BCUT2D eigenvalue weighted by atomic mass is 10.2. The highest BCUT2D eigenvalue weighted by Gasteiger charge is 2.18. The predicted molar refractivity (Wildman–Crippen MR) is 97.9 cm³/mol. The summed E-state index contributed by atoms with van der Waals surface area (Å²) in [7, 11) is 4.73. The van der Waals surface area contributed by atoms with Crippen molar-refractivity contribution in [3.63, 3.8) is 0 Å². The molecule has 7 nitrogen and oxygen atoms in total. The fraction of sp³-hybridized carbons (Fsp3) is 0.263. The van der Waals surface area contributed by atoms with E-state index >= 15 is 0 Å². The maximum absolute atomic E-state index is 5.79. The molecule has 0 aliphatic rings. The molecule has 7 heteroatoms. The van der Waals surface area contributed by atoms with Gasteiger partial charge >= 0.3 is 0 Å². The first-order valence-electron chi connectivity index (χ1n) is 8.11. The molecule has 0 aliphatic carbocycles. The summed E-state index contributed by atoms with van der Waals surface area (Å²) in [4.78, 5) is 0. The van der Waals surface area contributed by atoms with Crippen molar-refractivity contribution in [3.05, 3.63) is 48.4 Å². The van der Waals surface area contributed by atoms with Crippen molar-refractivity contribution >= 4 is 5.69 Å². The van der Waals surface area contributed by atoms with Gasteiger partial charge in [-0.1, -0.05) is 18.2 Å². The summed E-state index contributed by atoms with van der Waals surface area (Å²) in [5.41, 5.74) is 1.66. The first kappa shape index (κ1) is 17.6. The number of aromatic nitrogens is 2. The van der Waals surface area contributed by atoms with Crippen LogP contribution in [0.2, 0.25) is 0 Å². The molecular formula is C19H21N3O4. The normalized spacial score (nSPS) is 11.7. The second-order valence-electron chi connectivity index (χ2n) is 5.59. The molecule has 0 amide bonds. The zero-order valence-corrected chi connectivity index (χ0v) is 15.1. The third-order valence-corrected chi connectivity index (χ3v) is 3.88. The third-order valence-electron chi connectivity index (χ3n) is 3.88. The SMILES string of the molecule is COc1cc(N[C@@H](C)c2nnc(-c3ccccc3)o2)cc(OC)c1OC. The van der Waals surface area contributed by atoms with Gasteiger partial charge in [0, 0.05) is 23.4 Å². The molecule has 0 aliphatic heterocycles. The van der Waals surface area contributed by atoms with Crippen molar-refractivity contribution in [2.45, 2.75) is 13.0 Å². The Kier molecular flexibility index (Phi) is 5.26. The zero-order chi connectivity index (χ0) is 18.5. The fourth-order valence-corrected chi connectivity index (χ4v) is 2.58. The Bertz CT molecular complexity index is 839. The largest absolute Gasteiger partial charge is 0.493 e. The van der Waals surface area contributed by atoms with Crippen LogP contribution in [0.1, 0.15) is 18.9 Å². The van der Waals surface area contributed by atoms with E-state index in [0.717, 1.165) is 11.3 Å². The summed E-state index contributed by atoms with van der Waals surface area (Å²) in [5, 5.41) is 11.6. The number of hydrogen-bond donors (Lipinski definition) is 1. The van der Waals surface area contributed by atoms with Crippen LogP contribution in [0, 0.1) is 0 Å². The molecule has 0 bridgehead atoms. The molecule has 3 aromatic rings. The Morgan fingerprint density at radius 2 is 1.58 bits per heavy atom. The van der Waals surface area contributed by atoms with Gasteiger partial charge in [0.25, 0.3) is 0 Å². The predicted octanol–water partition coefficient (Wildman–Crippen LogP) is 3.94. The van der Waals surface area contributed by atoms with Gasteiger partial charge in [-0.25, -0.2) is 0 Å². The molecular weight excluding hydrogens is 334 g/mol. The Balaban J connectivity index is 1.82. The lowest BCUT2D eigenvalue weighted by molar-refractivity contribution is 0.324. The number of methoxy groups -OCH3 is 3. The van der Waals surface area contributed by atoms with Crippen LogP contribution < -0.4 is 19.5 Å². The zero-order valence-electron chi connectivity index (χ0n) is 15.1. The highest BCUT2D eigenvalue weighted by atomic mass is 16.5. The molecule has 0 saturated heterocycles. The summed E-state index contributed by atoms with van der Waals surface area (Å²) in [6.45, 7) is 1.94. The second kappa shape index (κ2) is 7.77. The van der Waals surface area contributed by atoms with Crippen LogP contribution in [0.15, 0.2) is 46.9 Å². The first-order valence-corrected chi connectivity index (χ1v) is 8.11. The van der Waals surface area contributed by atoms with Crippen LogP contribution in [0.25, 0.3) is 11.5 Å². The van der Waals surface area contributed by atoms with Crippen LogP contribution in [-0.4, -0.2) is 31.5 Å². The molecule has 0 radical (unpaired) electrons. The molecule has 136 valence electrons. The summed E-state index contributed by atoms with van der Waals surface area (Å²) >= 11 is 0. The second-order valence-corrected chi connectivity index (χ2v) is 5.59. The monoisotopic (exact) mass is 355 g/mol. The fourth-order valence-electron chi connectivity index (χ4n) is 2.58. The van der Waals surface area contributed by atoms with Gasteiger partial charge in [-0.05, 0) is 19.1 Å². The van der Waals surface area contributed by atoms with E-state index in [-0.39, 0.29) is 6.04 Å². The van der Waals surface area contributed by atoms with E-state index in [1.54, 1.807) is 21.3 Å². The van der Waals surface area contributed by atoms with E-state index in [9.17, 15) is 0 Å². The summed E-state index contributed by atoms with van der Waals surface area (Å²) in [5.74, 6) is 2.64. The smallest absolute Gasteiger partial charge is 0.247 e. The van der Waals surface area contributed by atoms with Crippen molar-refractivity contribution < 1.29 is 18.6 Å². The Hall–Kier alpha value is -3.22. The minimum Gasteiger partial charge on any atom is -0.493 e. The van der Waals surface area contributed by atoms with Gasteiger partial charge in [0.2, 0.25) is 17.5 Å². The molecule has 1 heterocycles. The van der Waals surface area contributed by atoms with E-state index in [1.165, 1.54) is 0 Å². The number of nitrogens with one attached hydrogen (secondary N) is 1. The molecule has 0 saturated carbocycles. The lowest BCUT2D eigenvalue weighted by Crippen LogP contribution is -2.08. The number of ether oxygens (including phenoxy) is 3. The lowest BCUT2D eigenvalue weighted by Gasteiger charge is -2.17. The van der Waals surface area contributed by atoms with Crippen LogP contribution in [-0.2, 0) is 0 Å². The Morgan fingerprint density at radius 3 is 2.15 bits per heavy atom. The number of rotatable bonds is 7. The van der Waals surface area contributed by atoms with Gasteiger partial charge in [0.15, 0.2) is 11.5 Å². The molecule has 0 spiro atoms. The molecule has 3 rings (SSSR count). The van der Waals surface area contributed by atoms with Crippen LogP contribution in [0.4, 0.5) is 5.69 Å². The highest BCUT2D eigenvalue weighted by Crippen LogP contribution is 2.40. The molecule has 1 atom stereocenters. The van der Waals surface area contributed by atoms with Crippen molar-refractivity contribution in [2.75, 3.05) is 26.6 Å². The number of hydrogen-bond acceptors (Lipinski definition) is 7. The number of anilines is 1. The van der Waals surface area contributed by atoms with Gasteiger partial charge in [-0.3, -0.25) is 0 Å². The van der Waals surface area contributed by atoms with Gasteiger partial charge < -0.3 is 23.9 Å². The van der Waals surface area contributed by atoms with Gasteiger partial charge in [-0.15, -0.1) is 10.2 Å². The van der Waals surface area contributed by atoms with Gasteiger partial charge in [0.05, 0.1) is 21.3 Å². The standard InChI is InChI=1S/C19H21N3O4/c1-12(18-21-22-19(26-18)13-8-6-5-7-9-13)20-14-10-15(23-2)17(25-4)16(11-14)24-3/h5-12,20H,1-4H3/t12-/m0/s1. The minimum atomic E-state index is -0.206. The molecule has 1 N–H and O–H groups in total. The summed E-state index contributed by atoms with van der Waals surface area (Å²) in [6.07, 6.45) is 0. The highest BCUT2D eigenvalue weighted by molar-refractivity contribution is 5.63. The molecule has 0 unspecified atom stereocenters. The molecule has 26 heavy (non-hydrogen) atoms.